The van der Waals surface area contributed by atoms with Crippen LogP contribution in [0, 0.1) is 11.8 Å². The van der Waals surface area contributed by atoms with Crippen LogP contribution in [-0.2, 0) is 25.6 Å². The molecule has 3 amide bonds. The van der Waals surface area contributed by atoms with Crippen molar-refractivity contribution in [3.8, 4) is 0 Å². The second-order valence-corrected chi connectivity index (χ2v) is 14.5. The number of carbonyl (C=O) groups is 3. The van der Waals surface area contributed by atoms with E-state index in [1.54, 1.807) is 24.1 Å². The highest BCUT2D eigenvalue weighted by Crippen LogP contribution is 2.39. The van der Waals surface area contributed by atoms with Gasteiger partial charge in [-0.3, -0.25) is 19.3 Å². The Hall–Kier alpha value is -4.57. The number of pyridine rings is 1. The number of aliphatic hydroxyl groups excluding tert-OH is 1. The first-order chi connectivity index (χ1) is 23.4. The Kier molecular flexibility index (Phi) is 11.5. The van der Waals surface area contributed by atoms with Crippen molar-refractivity contribution in [3.05, 3.63) is 77.9 Å². The number of hydrogen-bond donors (Lipinski definition) is 5. The van der Waals surface area contributed by atoms with Gasteiger partial charge in [-0.05, 0) is 75.6 Å². The number of rotatable bonds is 12. The van der Waals surface area contributed by atoms with Crippen molar-refractivity contribution in [2.24, 2.45) is 17.6 Å². The fraction of sp³-hybridized carbons (Fsp3) is 0.474. The number of likely N-dealkylation sites (tertiary alicyclic amines) is 1. The zero-order valence-electron chi connectivity index (χ0n) is 28.5. The normalized spacial score (nSPS) is 21.3. The first-order valence-corrected chi connectivity index (χ1v) is 17.2. The number of β-amino-alcohol motifs (C(OH)–C–C–N with tert-alkyl or cyclic N) is 1. The molecule has 1 saturated heterocycles. The first-order valence-electron chi connectivity index (χ1n) is 17.2. The third-order valence-electron chi connectivity index (χ3n) is 9.63. The van der Waals surface area contributed by atoms with Crippen LogP contribution >= 0.6 is 0 Å². The average molecular weight is 669 g/mol. The molecule has 260 valence electrons. The molecule has 11 heteroatoms. The molecule has 11 nitrogen and oxygen atoms in total. The van der Waals surface area contributed by atoms with Crippen LogP contribution in [0.25, 0.3) is 10.9 Å². The van der Waals surface area contributed by atoms with E-state index >= 15 is 0 Å². The van der Waals surface area contributed by atoms with Gasteiger partial charge in [0, 0.05) is 24.0 Å². The highest BCUT2D eigenvalue weighted by Gasteiger charge is 2.42. The molecule has 2 fully saturated rings. The second-order valence-electron chi connectivity index (χ2n) is 14.5. The topological polar surface area (TPSA) is 167 Å². The minimum Gasteiger partial charge on any atom is -0.390 e. The summed E-state index contributed by atoms with van der Waals surface area (Å²) in [4.78, 5) is 58.6. The standard InChI is InChI=1S/C38H48N6O5/c1-38(2,3)43-36(48)31-20-26-14-7-8-15-27(26)21-44(31)22-32(46)30(19-24-11-5-4-6-12-24)41-37(49)34(28(23-45)35(39)47)42-33-18-17-25-13-9-10-16-29(25)40-33/h4-6,9-13,16-18,26-27,30-32,34,46H,7-8,14-15,19-22H2,1-3H3,(H2,39,47)(H,40,42)(H,41,49)(H,43,48)/t26-,27+,30-,31-,32+,34-/m0/s1. The van der Waals surface area contributed by atoms with Crippen LogP contribution in [0.3, 0.4) is 0 Å². The van der Waals surface area contributed by atoms with Gasteiger partial charge in [0.05, 0.1) is 23.7 Å². The summed E-state index contributed by atoms with van der Waals surface area (Å²) in [5.41, 5.74) is 6.03. The van der Waals surface area contributed by atoms with Crippen LogP contribution in [0.1, 0.15) is 58.4 Å². The van der Waals surface area contributed by atoms with E-state index in [1.165, 1.54) is 0 Å². The molecule has 0 unspecified atom stereocenters. The summed E-state index contributed by atoms with van der Waals surface area (Å²) in [5, 5.41) is 21.7. The molecular weight excluding hydrogens is 620 g/mol. The number of fused-ring (bicyclic) bond motifs is 2. The van der Waals surface area contributed by atoms with Crippen molar-refractivity contribution in [3.63, 3.8) is 0 Å². The fourth-order valence-electron chi connectivity index (χ4n) is 7.23. The van der Waals surface area contributed by atoms with Crippen molar-refractivity contribution in [2.75, 3.05) is 18.4 Å². The molecule has 49 heavy (non-hydrogen) atoms. The molecule has 0 spiro atoms. The number of piperidine rings is 1. The van der Waals surface area contributed by atoms with Crippen LogP contribution in [0.4, 0.5) is 5.82 Å². The third-order valence-corrected chi connectivity index (χ3v) is 9.63. The van der Waals surface area contributed by atoms with E-state index < -0.39 is 47.2 Å². The van der Waals surface area contributed by atoms with E-state index in [1.807, 2.05) is 69.3 Å². The number of aromatic nitrogens is 1. The van der Waals surface area contributed by atoms with E-state index in [0.29, 0.717) is 30.3 Å². The maximum atomic E-state index is 14.0. The smallest absolute Gasteiger partial charge is 0.258 e. The van der Waals surface area contributed by atoms with Crippen molar-refractivity contribution in [1.82, 2.24) is 20.5 Å². The molecule has 2 aromatic carbocycles. The largest absolute Gasteiger partial charge is 0.390 e. The fourth-order valence-corrected chi connectivity index (χ4v) is 7.23. The Labute approximate surface area is 287 Å². The number of aliphatic hydroxyl groups is 1. The van der Waals surface area contributed by atoms with Crippen LogP contribution in [-0.4, -0.2) is 81.5 Å². The number of nitrogens with two attached hydrogens (primary N) is 1. The molecule has 3 aromatic rings. The molecule has 2 aliphatic rings. The summed E-state index contributed by atoms with van der Waals surface area (Å²) < 4.78 is 0. The number of amides is 3. The van der Waals surface area contributed by atoms with Crippen LogP contribution in [0.5, 0.6) is 0 Å². The Morgan fingerprint density at radius 3 is 2.39 bits per heavy atom. The van der Waals surface area contributed by atoms with Crippen LogP contribution in [0.15, 0.2) is 72.3 Å². The SMILES string of the molecule is CC(C)(C)NC(=O)[C@@H]1C[C@@H]2CCCC[C@@H]2CN1C[C@@H](O)[C@H](Cc1ccccc1)NC(=O)[C@@H](Nc1ccc2ccccc2n1)C(=C=O)C(N)=O. The van der Waals surface area contributed by atoms with E-state index in [2.05, 4.69) is 25.8 Å². The Balaban J connectivity index is 1.41. The van der Waals surface area contributed by atoms with Gasteiger partial charge >= 0.3 is 0 Å². The molecule has 0 bridgehead atoms. The summed E-state index contributed by atoms with van der Waals surface area (Å²) in [6, 6.07) is 17.5. The maximum Gasteiger partial charge on any atom is 0.258 e. The third kappa shape index (κ3) is 9.32. The lowest BCUT2D eigenvalue weighted by molar-refractivity contribution is -0.133. The summed E-state index contributed by atoms with van der Waals surface area (Å²) >= 11 is 0. The van der Waals surface area contributed by atoms with Crippen molar-refractivity contribution < 1.29 is 24.3 Å². The van der Waals surface area contributed by atoms with E-state index in [0.717, 1.165) is 36.6 Å². The van der Waals surface area contributed by atoms with Gasteiger partial charge in [-0.15, -0.1) is 0 Å². The number of anilines is 1. The molecule has 0 radical (unpaired) electrons. The lowest BCUT2D eigenvalue weighted by atomic mass is 9.72. The number of hydrogen-bond acceptors (Lipinski definition) is 8. The number of carbonyl (C=O) groups excluding carboxylic acids is 4. The summed E-state index contributed by atoms with van der Waals surface area (Å²) in [5.74, 6) is 0.756. The first kappa shape index (κ1) is 35.7. The summed E-state index contributed by atoms with van der Waals surface area (Å²) in [7, 11) is 0. The zero-order valence-corrected chi connectivity index (χ0v) is 28.5. The van der Waals surface area contributed by atoms with Gasteiger partial charge in [-0.2, -0.15) is 0 Å². The minimum absolute atomic E-state index is 0.0678. The molecular formula is C38H48N6O5. The Morgan fingerprint density at radius 1 is 1.00 bits per heavy atom. The van der Waals surface area contributed by atoms with E-state index in [4.69, 9.17) is 5.73 Å². The molecule has 6 N–H and O–H groups in total. The number of para-hydroxylation sites is 1. The summed E-state index contributed by atoms with van der Waals surface area (Å²) in [6.45, 7) is 6.67. The van der Waals surface area contributed by atoms with Gasteiger partial charge < -0.3 is 26.8 Å². The average Bonchev–Trinajstić information content (AvgIpc) is 3.07. The highest BCUT2D eigenvalue weighted by molar-refractivity contribution is 6.08. The van der Waals surface area contributed by atoms with E-state index in [-0.39, 0.29) is 24.7 Å². The Morgan fingerprint density at radius 2 is 1.69 bits per heavy atom. The lowest BCUT2D eigenvalue weighted by Gasteiger charge is -2.47. The number of nitrogens with one attached hydrogen (secondary N) is 3. The minimum atomic E-state index is -1.53. The van der Waals surface area contributed by atoms with Gasteiger partial charge in [0.2, 0.25) is 11.8 Å². The van der Waals surface area contributed by atoms with Crippen LogP contribution < -0.4 is 21.7 Å². The van der Waals surface area contributed by atoms with Gasteiger partial charge in [0.1, 0.15) is 23.4 Å². The second kappa shape index (κ2) is 15.8. The van der Waals surface area contributed by atoms with Gasteiger partial charge in [-0.25, -0.2) is 9.78 Å². The highest BCUT2D eigenvalue weighted by atomic mass is 16.3. The van der Waals surface area contributed by atoms with Crippen molar-refractivity contribution in [1.29, 1.82) is 0 Å². The molecule has 1 aliphatic heterocycles. The Bertz CT molecular complexity index is 1680. The van der Waals surface area contributed by atoms with Crippen molar-refractivity contribution >= 4 is 40.4 Å². The molecule has 1 aliphatic carbocycles. The van der Waals surface area contributed by atoms with Gasteiger partial charge in [0.15, 0.2) is 0 Å². The number of nitrogens with zero attached hydrogens (tertiary/aromatic N) is 2. The number of benzene rings is 2. The van der Waals surface area contributed by atoms with Gasteiger partial charge in [-0.1, -0.05) is 67.8 Å². The predicted molar refractivity (Wildman–Crippen MR) is 189 cm³/mol. The lowest BCUT2D eigenvalue weighted by Crippen LogP contribution is -2.61. The maximum absolute atomic E-state index is 14.0. The monoisotopic (exact) mass is 668 g/mol. The molecule has 5 rings (SSSR count). The molecule has 6 atom stereocenters. The summed E-state index contributed by atoms with van der Waals surface area (Å²) in [6.07, 6.45) is 4.35. The number of primary amides is 1. The zero-order chi connectivity index (χ0) is 35.1. The van der Waals surface area contributed by atoms with Crippen LogP contribution in [0.2, 0.25) is 0 Å². The molecule has 1 aromatic heterocycles. The predicted octanol–water partition coefficient (Wildman–Crippen LogP) is 3.14. The van der Waals surface area contributed by atoms with Gasteiger partial charge in [0.25, 0.3) is 5.91 Å². The molecule has 2 heterocycles. The van der Waals surface area contributed by atoms with E-state index in [9.17, 15) is 24.3 Å². The quantitative estimate of drug-likeness (QED) is 0.145. The molecule has 1 saturated carbocycles. The van der Waals surface area contributed by atoms with Crippen molar-refractivity contribution in [2.45, 2.75) is 89.1 Å².